The van der Waals surface area contributed by atoms with Crippen LogP contribution in [0.5, 0.6) is 5.75 Å². The van der Waals surface area contributed by atoms with E-state index in [1.165, 1.54) is 13.0 Å². The molecule has 3 aliphatic rings. The summed E-state index contributed by atoms with van der Waals surface area (Å²) in [4.78, 5) is 49.2. The van der Waals surface area contributed by atoms with Gasteiger partial charge in [0.2, 0.25) is 11.7 Å². The highest BCUT2D eigenvalue weighted by molar-refractivity contribution is 6.24. The number of Topliss-reactive ketones (excluding diaryl/α,β-unsaturated/α-hetero) is 2. The Morgan fingerprint density at radius 1 is 1.19 bits per heavy atom. The van der Waals surface area contributed by atoms with E-state index in [0.29, 0.717) is 11.1 Å². The maximum atomic E-state index is 13.3. The molecule has 2 amide bonds. The van der Waals surface area contributed by atoms with Gasteiger partial charge in [0.05, 0.1) is 5.56 Å². The van der Waals surface area contributed by atoms with Gasteiger partial charge in [-0.15, -0.1) is 0 Å². The van der Waals surface area contributed by atoms with E-state index in [1.807, 2.05) is 0 Å². The molecule has 3 aliphatic carbocycles. The van der Waals surface area contributed by atoms with E-state index in [0.717, 1.165) is 0 Å². The minimum Gasteiger partial charge on any atom is -0.511 e. The molecular weight excluding hydrogens is 420 g/mol. The number of rotatable bonds is 3. The fourth-order valence-electron chi connectivity index (χ4n) is 5.07. The van der Waals surface area contributed by atoms with E-state index in [9.17, 15) is 39.6 Å². The second-order valence-corrected chi connectivity index (χ2v) is 8.42. The Morgan fingerprint density at radius 3 is 2.50 bits per heavy atom. The SMILES string of the molecule is CC(=O)NCc1ccc(O)c2c1C[C@H]1C[C@H]3CC(O)=C(C(N)=O)C(=O)[C@@]3(O)C(O)=C1C2=O. The van der Waals surface area contributed by atoms with Gasteiger partial charge >= 0.3 is 0 Å². The lowest BCUT2D eigenvalue weighted by atomic mass is 9.60. The number of hydrogen-bond donors (Lipinski definition) is 6. The van der Waals surface area contributed by atoms with Crippen LogP contribution in [-0.2, 0) is 27.3 Å². The molecule has 0 unspecified atom stereocenters. The molecule has 0 saturated heterocycles. The summed E-state index contributed by atoms with van der Waals surface area (Å²) in [6.07, 6.45) is -0.0377. The number of nitrogens with one attached hydrogen (secondary N) is 1. The van der Waals surface area contributed by atoms with Crippen molar-refractivity contribution in [1.82, 2.24) is 5.32 Å². The molecule has 0 radical (unpaired) electrons. The summed E-state index contributed by atoms with van der Waals surface area (Å²) in [6.45, 7) is 1.47. The minimum atomic E-state index is -2.58. The number of fused-ring (bicyclic) bond motifs is 3. The number of phenols is 1. The summed E-state index contributed by atoms with van der Waals surface area (Å²) < 4.78 is 0. The predicted octanol–water partition coefficient (Wildman–Crippen LogP) is 0.217. The van der Waals surface area contributed by atoms with Gasteiger partial charge in [-0.05, 0) is 36.0 Å². The van der Waals surface area contributed by atoms with Crippen molar-refractivity contribution in [2.45, 2.75) is 38.3 Å². The lowest BCUT2D eigenvalue weighted by molar-refractivity contribution is -0.144. The smallest absolute Gasteiger partial charge is 0.255 e. The Hall–Kier alpha value is -3.66. The number of carbonyl (C=O) groups is 4. The molecule has 10 nitrogen and oxygen atoms in total. The minimum absolute atomic E-state index is 0.0537. The van der Waals surface area contributed by atoms with Crippen molar-refractivity contribution < 1.29 is 39.6 Å². The van der Waals surface area contributed by atoms with Crippen molar-refractivity contribution in [2.24, 2.45) is 17.6 Å². The van der Waals surface area contributed by atoms with Gasteiger partial charge in [-0.3, -0.25) is 19.2 Å². The highest BCUT2D eigenvalue weighted by Gasteiger charge is 2.59. The molecule has 4 rings (SSSR count). The number of ketones is 2. The summed E-state index contributed by atoms with van der Waals surface area (Å²) in [7, 11) is 0. The summed E-state index contributed by atoms with van der Waals surface area (Å²) in [6, 6.07) is 2.88. The summed E-state index contributed by atoms with van der Waals surface area (Å²) in [5, 5.41) is 45.3. The number of nitrogens with two attached hydrogens (primary N) is 1. The number of phenolic OH excluding ortho intramolecular Hbond substituents is 1. The lowest BCUT2D eigenvalue weighted by Gasteiger charge is -2.45. The van der Waals surface area contributed by atoms with Crippen LogP contribution in [0.25, 0.3) is 0 Å². The van der Waals surface area contributed by atoms with Gasteiger partial charge in [-0.1, -0.05) is 6.07 Å². The molecule has 0 bridgehead atoms. The predicted molar refractivity (Wildman–Crippen MR) is 108 cm³/mol. The van der Waals surface area contributed by atoms with Crippen molar-refractivity contribution in [3.63, 3.8) is 0 Å². The van der Waals surface area contributed by atoms with E-state index < -0.39 is 52.0 Å². The topological polar surface area (TPSA) is 187 Å². The van der Waals surface area contributed by atoms with Gasteiger partial charge in [0.15, 0.2) is 11.4 Å². The number of benzene rings is 1. The molecule has 0 spiro atoms. The molecule has 10 heteroatoms. The third-order valence-corrected chi connectivity index (χ3v) is 6.57. The maximum Gasteiger partial charge on any atom is 0.255 e. The first-order chi connectivity index (χ1) is 15.0. The lowest BCUT2D eigenvalue weighted by Crippen LogP contribution is -2.57. The summed E-state index contributed by atoms with van der Waals surface area (Å²) in [5.41, 5.74) is 2.58. The summed E-state index contributed by atoms with van der Waals surface area (Å²) in [5.74, 6) is -6.94. The second kappa shape index (κ2) is 7.20. The Kier molecular flexibility index (Phi) is 4.85. The number of allylic oxidation sites excluding steroid dienone is 2. The Morgan fingerprint density at radius 2 is 1.88 bits per heavy atom. The largest absolute Gasteiger partial charge is 0.511 e. The van der Waals surface area contributed by atoms with Crippen LogP contribution in [0.3, 0.4) is 0 Å². The highest BCUT2D eigenvalue weighted by atomic mass is 16.3. The third-order valence-electron chi connectivity index (χ3n) is 6.57. The molecule has 168 valence electrons. The van der Waals surface area contributed by atoms with Crippen LogP contribution in [0, 0.1) is 11.8 Å². The third kappa shape index (κ3) is 2.90. The van der Waals surface area contributed by atoms with Crippen molar-refractivity contribution in [1.29, 1.82) is 0 Å². The van der Waals surface area contributed by atoms with Crippen LogP contribution >= 0.6 is 0 Å². The molecule has 0 aromatic heterocycles. The molecule has 0 fully saturated rings. The van der Waals surface area contributed by atoms with Gasteiger partial charge in [0.25, 0.3) is 5.91 Å². The zero-order valence-electron chi connectivity index (χ0n) is 17.1. The van der Waals surface area contributed by atoms with Gasteiger partial charge in [-0.25, -0.2) is 0 Å². The van der Waals surface area contributed by atoms with Crippen molar-refractivity contribution >= 4 is 23.4 Å². The molecular formula is C22H22N2O8. The maximum absolute atomic E-state index is 13.3. The Labute approximate surface area is 182 Å². The van der Waals surface area contributed by atoms with Crippen molar-refractivity contribution in [2.75, 3.05) is 0 Å². The average molecular weight is 442 g/mol. The molecule has 1 aromatic rings. The number of hydrogen-bond acceptors (Lipinski definition) is 8. The zero-order valence-corrected chi connectivity index (χ0v) is 17.1. The Bertz CT molecular complexity index is 1160. The molecule has 7 N–H and O–H groups in total. The van der Waals surface area contributed by atoms with Crippen LogP contribution in [0.2, 0.25) is 0 Å². The fraction of sp³-hybridized carbons (Fsp3) is 0.364. The highest BCUT2D eigenvalue weighted by Crippen LogP contribution is 2.51. The molecule has 32 heavy (non-hydrogen) atoms. The first kappa shape index (κ1) is 21.6. The van der Waals surface area contributed by atoms with Gasteiger partial charge in [0.1, 0.15) is 22.8 Å². The van der Waals surface area contributed by atoms with Crippen LogP contribution in [-0.4, -0.2) is 49.4 Å². The van der Waals surface area contributed by atoms with E-state index >= 15 is 0 Å². The molecule has 1 aromatic carbocycles. The monoisotopic (exact) mass is 442 g/mol. The standard InChI is InChI=1S/C22H22N2O8/c1-8(25)24-7-9-2-3-13(26)16-12(9)5-10-4-11-6-14(27)17(21(23)31)20(30)22(11,32)19(29)15(10)18(16)28/h2-3,10-11,26-27,29,32H,4-7H2,1H3,(H2,23,31)(H,24,25)/t10-,11+,22+/m1/s1. The van der Waals surface area contributed by atoms with Crippen molar-refractivity contribution in [3.05, 3.63) is 51.5 Å². The summed E-state index contributed by atoms with van der Waals surface area (Å²) >= 11 is 0. The van der Waals surface area contributed by atoms with Crippen LogP contribution in [0.15, 0.2) is 34.8 Å². The van der Waals surface area contributed by atoms with Crippen molar-refractivity contribution in [3.8, 4) is 5.75 Å². The average Bonchev–Trinajstić information content (AvgIpc) is 2.69. The number of aromatic hydroxyl groups is 1. The van der Waals surface area contributed by atoms with Gasteiger partial charge < -0.3 is 31.5 Å². The van der Waals surface area contributed by atoms with E-state index in [2.05, 4.69) is 5.32 Å². The zero-order chi connectivity index (χ0) is 23.5. The molecule has 3 atom stereocenters. The Balaban J connectivity index is 1.85. The molecule has 0 heterocycles. The number of amides is 2. The quantitative estimate of drug-likeness (QED) is 0.358. The number of carbonyl (C=O) groups excluding carboxylic acids is 4. The second-order valence-electron chi connectivity index (χ2n) is 8.42. The van der Waals surface area contributed by atoms with E-state index in [4.69, 9.17) is 5.73 Å². The van der Waals surface area contributed by atoms with Crippen LogP contribution in [0.4, 0.5) is 0 Å². The van der Waals surface area contributed by atoms with Gasteiger partial charge in [-0.2, -0.15) is 0 Å². The fourth-order valence-corrected chi connectivity index (χ4v) is 5.07. The number of aliphatic hydroxyl groups is 3. The number of primary amides is 1. The molecule has 0 aliphatic heterocycles. The van der Waals surface area contributed by atoms with Crippen LogP contribution in [0.1, 0.15) is 41.3 Å². The first-order valence-electron chi connectivity index (χ1n) is 10.0. The van der Waals surface area contributed by atoms with Gasteiger partial charge in [0, 0.05) is 31.4 Å². The first-order valence-corrected chi connectivity index (χ1v) is 10.0. The molecule has 0 saturated carbocycles. The number of aliphatic hydroxyl groups excluding tert-OH is 2. The normalized spacial score (nSPS) is 26.9. The van der Waals surface area contributed by atoms with E-state index in [-0.39, 0.29) is 48.6 Å². The van der Waals surface area contributed by atoms with E-state index in [1.54, 1.807) is 6.07 Å². The van der Waals surface area contributed by atoms with Crippen LogP contribution < -0.4 is 11.1 Å².